The predicted molar refractivity (Wildman–Crippen MR) is 74.5 cm³/mol. The van der Waals surface area contributed by atoms with Crippen molar-refractivity contribution in [2.45, 2.75) is 63.8 Å². The third-order valence-electron chi connectivity index (χ3n) is 4.75. The summed E-state index contributed by atoms with van der Waals surface area (Å²) in [6.45, 7) is 1.91. The van der Waals surface area contributed by atoms with Crippen molar-refractivity contribution in [3.8, 4) is 0 Å². The molecule has 1 aliphatic carbocycles. The van der Waals surface area contributed by atoms with E-state index in [2.05, 4.69) is 10.2 Å². The molecule has 0 atom stereocenters. The van der Waals surface area contributed by atoms with Gasteiger partial charge in [0.25, 0.3) is 0 Å². The summed E-state index contributed by atoms with van der Waals surface area (Å²) in [5.41, 5.74) is 0. The van der Waals surface area contributed by atoms with Crippen molar-refractivity contribution in [3.63, 3.8) is 0 Å². The first-order chi connectivity index (χ1) is 8.79. The Kier molecular flexibility index (Phi) is 5.48. The molecule has 0 bridgehead atoms. The highest BCUT2D eigenvalue weighted by Crippen LogP contribution is 2.27. The van der Waals surface area contributed by atoms with Crippen LogP contribution < -0.4 is 5.32 Å². The second-order valence-corrected chi connectivity index (χ2v) is 5.99. The molecule has 1 heterocycles. The maximum absolute atomic E-state index is 12.1. The van der Waals surface area contributed by atoms with E-state index in [-0.39, 0.29) is 0 Å². The average Bonchev–Trinajstić information content (AvgIpc) is 2.46. The van der Waals surface area contributed by atoms with Crippen LogP contribution in [0.5, 0.6) is 0 Å². The molecule has 2 fully saturated rings. The Labute approximate surface area is 111 Å². The summed E-state index contributed by atoms with van der Waals surface area (Å²) in [7, 11) is 2.02. The van der Waals surface area contributed by atoms with Crippen molar-refractivity contribution < 1.29 is 4.79 Å². The van der Waals surface area contributed by atoms with Gasteiger partial charge in [0.15, 0.2) is 0 Å². The smallest absolute Gasteiger partial charge is 0.222 e. The van der Waals surface area contributed by atoms with Crippen molar-refractivity contribution in [2.24, 2.45) is 5.92 Å². The van der Waals surface area contributed by atoms with Gasteiger partial charge in [-0.1, -0.05) is 32.1 Å². The monoisotopic (exact) mass is 252 g/mol. The van der Waals surface area contributed by atoms with Gasteiger partial charge >= 0.3 is 0 Å². The van der Waals surface area contributed by atoms with E-state index in [0.29, 0.717) is 11.9 Å². The van der Waals surface area contributed by atoms with Gasteiger partial charge in [0.2, 0.25) is 5.91 Å². The SMILES string of the molecule is CNC1CCN(C(=O)CCC2CCCCC2)CC1. The molecular weight excluding hydrogens is 224 g/mol. The molecule has 1 amide bonds. The fourth-order valence-corrected chi connectivity index (χ4v) is 3.38. The van der Waals surface area contributed by atoms with E-state index in [0.717, 1.165) is 44.7 Å². The molecule has 0 radical (unpaired) electrons. The zero-order valence-corrected chi connectivity index (χ0v) is 11.8. The highest BCUT2D eigenvalue weighted by molar-refractivity contribution is 5.76. The number of amides is 1. The van der Waals surface area contributed by atoms with Crippen LogP contribution in [0.3, 0.4) is 0 Å². The number of likely N-dealkylation sites (tertiary alicyclic amines) is 1. The molecular formula is C15H28N2O. The first kappa shape index (κ1) is 13.9. The molecule has 0 unspecified atom stereocenters. The number of rotatable bonds is 4. The van der Waals surface area contributed by atoms with Crippen LogP contribution in [-0.2, 0) is 4.79 Å². The Hall–Kier alpha value is -0.570. The summed E-state index contributed by atoms with van der Waals surface area (Å²) in [6, 6.07) is 0.618. The van der Waals surface area contributed by atoms with Crippen LogP contribution in [0.2, 0.25) is 0 Å². The quantitative estimate of drug-likeness (QED) is 0.834. The zero-order valence-electron chi connectivity index (χ0n) is 11.8. The van der Waals surface area contributed by atoms with Gasteiger partial charge in [-0.2, -0.15) is 0 Å². The van der Waals surface area contributed by atoms with E-state index in [9.17, 15) is 4.79 Å². The maximum Gasteiger partial charge on any atom is 0.222 e. The minimum atomic E-state index is 0.398. The molecule has 0 aromatic carbocycles. The standard InChI is InChI=1S/C15H28N2O/c1-16-14-9-11-17(12-10-14)15(18)8-7-13-5-3-2-4-6-13/h13-14,16H,2-12H2,1H3. The van der Waals surface area contributed by atoms with Crippen molar-refractivity contribution in [2.75, 3.05) is 20.1 Å². The molecule has 1 saturated carbocycles. The fraction of sp³-hybridized carbons (Fsp3) is 0.933. The lowest BCUT2D eigenvalue weighted by Gasteiger charge is -2.32. The Morgan fingerprint density at radius 3 is 2.39 bits per heavy atom. The van der Waals surface area contributed by atoms with Crippen LogP contribution in [0, 0.1) is 5.92 Å². The van der Waals surface area contributed by atoms with Crippen molar-refractivity contribution in [1.29, 1.82) is 0 Å². The van der Waals surface area contributed by atoms with Gasteiger partial charge < -0.3 is 10.2 Å². The average molecular weight is 252 g/mol. The summed E-state index contributed by atoms with van der Waals surface area (Å²) >= 11 is 0. The lowest BCUT2D eigenvalue weighted by Crippen LogP contribution is -2.44. The van der Waals surface area contributed by atoms with Gasteiger partial charge in [0.1, 0.15) is 0 Å². The summed E-state index contributed by atoms with van der Waals surface area (Å²) < 4.78 is 0. The molecule has 1 saturated heterocycles. The number of carbonyl (C=O) groups excluding carboxylic acids is 1. The van der Waals surface area contributed by atoms with Crippen LogP contribution in [0.15, 0.2) is 0 Å². The first-order valence-electron chi connectivity index (χ1n) is 7.74. The van der Waals surface area contributed by atoms with Crippen molar-refractivity contribution >= 4 is 5.91 Å². The third-order valence-corrected chi connectivity index (χ3v) is 4.75. The van der Waals surface area contributed by atoms with E-state index in [1.54, 1.807) is 0 Å². The van der Waals surface area contributed by atoms with Crippen LogP contribution in [0.1, 0.15) is 57.8 Å². The lowest BCUT2D eigenvalue weighted by molar-refractivity contribution is -0.132. The summed E-state index contributed by atoms with van der Waals surface area (Å²) in [5, 5.41) is 3.31. The van der Waals surface area contributed by atoms with Gasteiger partial charge in [-0.3, -0.25) is 4.79 Å². The molecule has 104 valence electrons. The minimum absolute atomic E-state index is 0.398. The van der Waals surface area contributed by atoms with Crippen LogP contribution in [0.25, 0.3) is 0 Å². The molecule has 18 heavy (non-hydrogen) atoms. The number of nitrogens with one attached hydrogen (secondary N) is 1. The predicted octanol–water partition coefficient (Wildman–Crippen LogP) is 2.56. The second kappa shape index (κ2) is 7.13. The van der Waals surface area contributed by atoms with Crippen LogP contribution in [0.4, 0.5) is 0 Å². The highest BCUT2D eigenvalue weighted by Gasteiger charge is 2.22. The summed E-state index contributed by atoms with van der Waals surface area (Å²) in [6.07, 6.45) is 11.0. The van der Waals surface area contributed by atoms with Crippen LogP contribution >= 0.6 is 0 Å². The topological polar surface area (TPSA) is 32.3 Å². The normalized spacial score (nSPS) is 23.3. The Balaban J connectivity index is 1.65. The fourth-order valence-electron chi connectivity index (χ4n) is 3.38. The summed E-state index contributed by atoms with van der Waals surface area (Å²) in [4.78, 5) is 14.2. The van der Waals surface area contributed by atoms with Crippen molar-refractivity contribution in [3.05, 3.63) is 0 Å². The van der Waals surface area contributed by atoms with E-state index >= 15 is 0 Å². The second-order valence-electron chi connectivity index (χ2n) is 5.99. The summed E-state index contributed by atoms with van der Waals surface area (Å²) in [5.74, 6) is 1.23. The van der Waals surface area contributed by atoms with Gasteiger partial charge in [0, 0.05) is 25.6 Å². The molecule has 0 spiro atoms. The maximum atomic E-state index is 12.1. The van der Waals surface area contributed by atoms with Crippen molar-refractivity contribution in [1.82, 2.24) is 10.2 Å². The zero-order chi connectivity index (χ0) is 12.8. The molecule has 3 heteroatoms. The Morgan fingerprint density at radius 2 is 1.78 bits per heavy atom. The largest absolute Gasteiger partial charge is 0.343 e. The number of carbonyl (C=O) groups is 1. The van der Waals surface area contributed by atoms with E-state index < -0.39 is 0 Å². The minimum Gasteiger partial charge on any atom is -0.343 e. The molecule has 0 aromatic rings. The van der Waals surface area contributed by atoms with Gasteiger partial charge in [-0.25, -0.2) is 0 Å². The van der Waals surface area contributed by atoms with Gasteiger partial charge in [-0.05, 0) is 32.2 Å². The molecule has 0 aromatic heterocycles. The Bertz CT molecular complexity index is 253. The number of nitrogens with zero attached hydrogens (tertiary/aromatic N) is 1. The first-order valence-corrected chi connectivity index (χ1v) is 7.74. The number of hydrogen-bond donors (Lipinski definition) is 1. The molecule has 2 aliphatic rings. The molecule has 1 N–H and O–H groups in total. The molecule has 2 rings (SSSR count). The molecule has 1 aliphatic heterocycles. The van der Waals surface area contributed by atoms with Crippen LogP contribution in [-0.4, -0.2) is 37.0 Å². The molecule has 3 nitrogen and oxygen atoms in total. The lowest BCUT2D eigenvalue weighted by atomic mass is 9.86. The van der Waals surface area contributed by atoms with E-state index in [1.807, 2.05) is 7.05 Å². The van der Waals surface area contributed by atoms with Gasteiger partial charge in [0.05, 0.1) is 0 Å². The van der Waals surface area contributed by atoms with E-state index in [4.69, 9.17) is 0 Å². The van der Waals surface area contributed by atoms with Gasteiger partial charge in [-0.15, -0.1) is 0 Å². The van der Waals surface area contributed by atoms with E-state index in [1.165, 1.54) is 32.1 Å². The number of hydrogen-bond acceptors (Lipinski definition) is 2. The number of piperidine rings is 1. The third kappa shape index (κ3) is 3.98. The Morgan fingerprint density at radius 1 is 1.11 bits per heavy atom. The highest BCUT2D eigenvalue weighted by atomic mass is 16.2.